The van der Waals surface area contributed by atoms with E-state index in [1.54, 1.807) is 7.11 Å². The molecule has 2 N–H and O–H groups in total. The summed E-state index contributed by atoms with van der Waals surface area (Å²) in [5, 5.41) is 9.22. The van der Waals surface area contributed by atoms with Gasteiger partial charge in [-0.15, -0.1) is 0 Å². The van der Waals surface area contributed by atoms with Crippen molar-refractivity contribution >= 4 is 21.6 Å². The molecule has 0 aromatic heterocycles. The molecule has 0 bridgehead atoms. The van der Waals surface area contributed by atoms with E-state index < -0.39 is 10.0 Å². The van der Waals surface area contributed by atoms with E-state index in [-0.39, 0.29) is 29.0 Å². The quantitative estimate of drug-likeness (QED) is 0.798. The number of halogens is 1. The highest BCUT2D eigenvalue weighted by atomic mass is 35.5. The normalized spacial score (nSPS) is 13.5. The van der Waals surface area contributed by atoms with Gasteiger partial charge in [0.25, 0.3) is 0 Å². The molecule has 108 valence electrons. The van der Waals surface area contributed by atoms with E-state index in [0.29, 0.717) is 12.2 Å². The Labute approximate surface area is 118 Å². The van der Waals surface area contributed by atoms with Crippen molar-refractivity contribution < 1.29 is 18.3 Å². The van der Waals surface area contributed by atoms with Crippen LogP contribution in [0.25, 0.3) is 0 Å². The van der Waals surface area contributed by atoms with E-state index in [0.717, 1.165) is 0 Å². The van der Waals surface area contributed by atoms with Crippen molar-refractivity contribution in [1.29, 1.82) is 0 Å². The number of ether oxygens (including phenoxy) is 1. The highest BCUT2D eigenvalue weighted by molar-refractivity contribution is 7.89. The van der Waals surface area contributed by atoms with Crippen LogP contribution in [0.4, 0.5) is 0 Å². The minimum atomic E-state index is -3.59. The number of hydrogen-bond donors (Lipinski definition) is 2. The van der Waals surface area contributed by atoms with Gasteiger partial charge in [-0.2, -0.15) is 0 Å². The van der Waals surface area contributed by atoms with Gasteiger partial charge in [0.05, 0.1) is 11.5 Å². The highest BCUT2D eigenvalue weighted by Crippen LogP contribution is 2.20. The monoisotopic (exact) mass is 307 g/mol. The maximum Gasteiger partial charge on any atom is 0.240 e. The lowest BCUT2D eigenvalue weighted by atomic mass is 10.2. The van der Waals surface area contributed by atoms with E-state index in [1.807, 2.05) is 6.92 Å². The molecule has 1 unspecified atom stereocenters. The molecule has 0 aliphatic carbocycles. The van der Waals surface area contributed by atoms with Gasteiger partial charge in [0, 0.05) is 25.3 Å². The second-order valence-electron chi connectivity index (χ2n) is 4.32. The van der Waals surface area contributed by atoms with E-state index in [1.165, 1.54) is 18.2 Å². The van der Waals surface area contributed by atoms with Crippen LogP contribution < -0.4 is 4.72 Å². The molecular formula is C12H18ClNO4S. The molecule has 1 rings (SSSR count). The Hall–Kier alpha value is -0.660. The lowest BCUT2D eigenvalue weighted by molar-refractivity contribution is 0.161. The first kappa shape index (κ1) is 16.4. The van der Waals surface area contributed by atoms with Crippen molar-refractivity contribution in [3.63, 3.8) is 0 Å². The molecule has 1 aromatic carbocycles. The SMILES string of the molecule is COCC(C)CNS(=O)(=O)c1ccc(CO)c(Cl)c1. The number of benzene rings is 1. The molecule has 0 radical (unpaired) electrons. The number of hydrogen-bond acceptors (Lipinski definition) is 4. The van der Waals surface area contributed by atoms with Gasteiger partial charge in [-0.3, -0.25) is 0 Å². The summed E-state index contributed by atoms with van der Waals surface area (Å²) in [4.78, 5) is 0.0827. The van der Waals surface area contributed by atoms with E-state index in [9.17, 15) is 8.42 Å². The molecule has 0 spiro atoms. The van der Waals surface area contributed by atoms with Gasteiger partial charge < -0.3 is 9.84 Å². The number of aliphatic hydroxyl groups excluding tert-OH is 1. The molecule has 0 amide bonds. The van der Waals surface area contributed by atoms with Crippen molar-refractivity contribution in [2.75, 3.05) is 20.3 Å². The van der Waals surface area contributed by atoms with Gasteiger partial charge in [0.15, 0.2) is 0 Å². The molecule has 1 aromatic rings. The van der Waals surface area contributed by atoms with Crippen molar-refractivity contribution in [1.82, 2.24) is 4.72 Å². The van der Waals surface area contributed by atoms with Crippen molar-refractivity contribution in [3.05, 3.63) is 28.8 Å². The summed E-state index contributed by atoms with van der Waals surface area (Å²) in [5.41, 5.74) is 0.494. The van der Waals surface area contributed by atoms with Crippen LogP contribution in [0, 0.1) is 5.92 Å². The maximum absolute atomic E-state index is 12.0. The Morgan fingerprint density at radius 2 is 2.16 bits per heavy atom. The highest BCUT2D eigenvalue weighted by Gasteiger charge is 2.16. The standard InChI is InChI=1S/C12H18ClNO4S/c1-9(8-18-2)6-14-19(16,17)11-4-3-10(7-15)12(13)5-11/h3-5,9,14-15H,6-8H2,1-2H3. The Kier molecular flexibility index (Phi) is 6.22. The summed E-state index contributed by atoms with van der Waals surface area (Å²) >= 11 is 5.88. The maximum atomic E-state index is 12.0. The molecule has 1 atom stereocenters. The second kappa shape index (κ2) is 7.21. The second-order valence-corrected chi connectivity index (χ2v) is 6.50. The lowest BCUT2D eigenvalue weighted by Crippen LogP contribution is -2.30. The van der Waals surface area contributed by atoms with Gasteiger partial charge >= 0.3 is 0 Å². The molecule has 0 fully saturated rings. The summed E-state index contributed by atoms with van der Waals surface area (Å²) < 4.78 is 31.5. The molecule has 0 heterocycles. The third-order valence-electron chi connectivity index (χ3n) is 2.58. The average molecular weight is 308 g/mol. The third kappa shape index (κ3) is 4.74. The van der Waals surface area contributed by atoms with Crippen molar-refractivity contribution in [3.8, 4) is 0 Å². The van der Waals surface area contributed by atoms with Crippen LogP contribution in [0.2, 0.25) is 5.02 Å². The first-order chi connectivity index (χ1) is 8.90. The Morgan fingerprint density at radius 1 is 1.47 bits per heavy atom. The lowest BCUT2D eigenvalue weighted by Gasteiger charge is -2.12. The Balaban J connectivity index is 2.80. The van der Waals surface area contributed by atoms with Gasteiger partial charge in [-0.1, -0.05) is 24.6 Å². The van der Waals surface area contributed by atoms with E-state index in [4.69, 9.17) is 21.4 Å². The van der Waals surface area contributed by atoms with Gasteiger partial charge in [-0.25, -0.2) is 13.1 Å². The van der Waals surface area contributed by atoms with Crippen LogP contribution in [0.5, 0.6) is 0 Å². The topological polar surface area (TPSA) is 75.6 Å². The summed E-state index contributed by atoms with van der Waals surface area (Å²) in [6, 6.07) is 4.24. The molecular weight excluding hydrogens is 290 g/mol. The van der Waals surface area contributed by atoms with Crippen LogP contribution >= 0.6 is 11.6 Å². The largest absolute Gasteiger partial charge is 0.392 e. The van der Waals surface area contributed by atoms with Gasteiger partial charge in [0.2, 0.25) is 10.0 Å². The number of aliphatic hydroxyl groups is 1. The number of rotatable bonds is 7. The number of nitrogens with one attached hydrogen (secondary N) is 1. The van der Waals surface area contributed by atoms with Crippen LogP contribution in [0.15, 0.2) is 23.1 Å². The van der Waals surface area contributed by atoms with E-state index in [2.05, 4.69) is 4.72 Å². The summed E-state index contributed by atoms with van der Waals surface area (Å²) in [6.45, 7) is 2.42. The smallest absolute Gasteiger partial charge is 0.240 e. The molecule has 0 saturated heterocycles. The fraction of sp³-hybridized carbons (Fsp3) is 0.500. The Morgan fingerprint density at radius 3 is 2.68 bits per heavy atom. The third-order valence-corrected chi connectivity index (χ3v) is 4.35. The zero-order valence-electron chi connectivity index (χ0n) is 10.9. The number of methoxy groups -OCH3 is 1. The molecule has 0 aliphatic rings. The van der Waals surface area contributed by atoms with Crippen LogP contribution in [0.3, 0.4) is 0 Å². The molecule has 7 heteroatoms. The first-order valence-electron chi connectivity index (χ1n) is 5.78. The molecule has 5 nitrogen and oxygen atoms in total. The fourth-order valence-electron chi connectivity index (χ4n) is 1.50. The van der Waals surface area contributed by atoms with Gasteiger partial charge in [-0.05, 0) is 23.6 Å². The van der Waals surface area contributed by atoms with Crippen molar-refractivity contribution in [2.45, 2.75) is 18.4 Å². The molecule has 19 heavy (non-hydrogen) atoms. The van der Waals surface area contributed by atoms with Crippen LogP contribution in [-0.4, -0.2) is 33.8 Å². The molecule has 0 aliphatic heterocycles. The zero-order chi connectivity index (χ0) is 14.5. The van der Waals surface area contributed by atoms with Crippen LogP contribution in [-0.2, 0) is 21.4 Å². The fourth-order valence-corrected chi connectivity index (χ4v) is 3.00. The Bertz CT molecular complexity index is 518. The molecule has 0 saturated carbocycles. The summed E-state index contributed by atoms with van der Waals surface area (Å²) in [6.07, 6.45) is 0. The van der Waals surface area contributed by atoms with E-state index >= 15 is 0 Å². The summed E-state index contributed by atoms with van der Waals surface area (Å²) in [7, 11) is -2.02. The predicted molar refractivity (Wildman–Crippen MR) is 73.6 cm³/mol. The van der Waals surface area contributed by atoms with Gasteiger partial charge in [0.1, 0.15) is 0 Å². The predicted octanol–water partition coefficient (Wildman–Crippen LogP) is 1.39. The minimum Gasteiger partial charge on any atom is -0.392 e. The average Bonchev–Trinajstić information content (AvgIpc) is 2.37. The van der Waals surface area contributed by atoms with Crippen LogP contribution in [0.1, 0.15) is 12.5 Å². The zero-order valence-corrected chi connectivity index (χ0v) is 12.5. The summed E-state index contributed by atoms with van der Waals surface area (Å²) in [5.74, 6) is 0.0759. The number of sulfonamides is 1. The first-order valence-corrected chi connectivity index (χ1v) is 7.64. The minimum absolute atomic E-state index is 0.0759. The van der Waals surface area contributed by atoms with Crippen molar-refractivity contribution in [2.24, 2.45) is 5.92 Å².